The van der Waals surface area contributed by atoms with Crippen LogP contribution in [0.3, 0.4) is 0 Å². The number of hydrogen-bond donors (Lipinski definition) is 0. The number of anilines is 1. The predicted molar refractivity (Wildman–Crippen MR) is 83.4 cm³/mol. The molecule has 0 saturated carbocycles. The number of rotatable bonds is 4. The normalized spacial score (nSPS) is 18.4. The first-order valence-electron chi connectivity index (χ1n) is 7.36. The molecule has 2 rings (SSSR count). The lowest BCUT2D eigenvalue weighted by Crippen LogP contribution is -2.57. The summed E-state index contributed by atoms with van der Waals surface area (Å²) in [6.45, 7) is 4.52. The highest BCUT2D eigenvalue weighted by molar-refractivity contribution is 6.01. The van der Waals surface area contributed by atoms with E-state index in [4.69, 9.17) is 9.47 Å². The molecule has 120 valence electrons. The highest BCUT2D eigenvalue weighted by Gasteiger charge is 2.35. The van der Waals surface area contributed by atoms with E-state index in [2.05, 4.69) is 0 Å². The Labute approximate surface area is 130 Å². The molecule has 6 nitrogen and oxygen atoms in total. The molecule has 1 aromatic rings. The fraction of sp³-hybridized carbons (Fsp3) is 0.500. The zero-order valence-electron chi connectivity index (χ0n) is 13.5. The first-order valence-corrected chi connectivity index (χ1v) is 7.36. The molecule has 1 saturated heterocycles. The molecule has 1 aliphatic rings. The Morgan fingerprint density at radius 2 is 2.00 bits per heavy atom. The molecule has 1 aromatic carbocycles. The van der Waals surface area contributed by atoms with Crippen molar-refractivity contribution in [2.24, 2.45) is 0 Å². The number of nitrogens with zero attached hydrogens (tertiary/aromatic N) is 2. The molecule has 0 aromatic heterocycles. The fourth-order valence-corrected chi connectivity index (χ4v) is 2.66. The summed E-state index contributed by atoms with van der Waals surface area (Å²) in [6, 6.07) is 4.86. The number of carbonyl (C=O) groups excluding carboxylic acids is 2. The number of piperazine rings is 1. The van der Waals surface area contributed by atoms with Gasteiger partial charge in [0.05, 0.1) is 19.9 Å². The van der Waals surface area contributed by atoms with Crippen molar-refractivity contribution in [2.75, 3.05) is 32.2 Å². The topological polar surface area (TPSA) is 59.1 Å². The van der Waals surface area contributed by atoms with Crippen LogP contribution in [0.2, 0.25) is 0 Å². The van der Waals surface area contributed by atoms with Gasteiger partial charge in [0.15, 0.2) is 0 Å². The van der Waals surface area contributed by atoms with Crippen LogP contribution >= 0.6 is 0 Å². The number of methoxy groups -OCH3 is 2. The third-order valence-electron chi connectivity index (χ3n) is 3.96. The van der Waals surface area contributed by atoms with E-state index in [1.165, 1.54) is 0 Å². The molecule has 0 aliphatic carbocycles. The van der Waals surface area contributed by atoms with E-state index in [0.29, 0.717) is 36.7 Å². The molecule has 1 aliphatic heterocycles. The van der Waals surface area contributed by atoms with Crippen molar-refractivity contribution in [3.8, 4) is 11.5 Å². The van der Waals surface area contributed by atoms with Gasteiger partial charge in [0.25, 0.3) is 0 Å². The zero-order valence-corrected chi connectivity index (χ0v) is 13.5. The lowest BCUT2D eigenvalue weighted by Gasteiger charge is -2.39. The maximum Gasteiger partial charge on any atom is 0.249 e. The average Bonchev–Trinajstić information content (AvgIpc) is 2.56. The van der Waals surface area contributed by atoms with Gasteiger partial charge in [0, 0.05) is 25.6 Å². The Hall–Kier alpha value is -2.24. The molecule has 0 N–H and O–H groups in total. The fourth-order valence-electron chi connectivity index (χ4n) is 2.66. The third-order valence-corrected chi connectivity index (χ3v) is 3.96. The minimum atomic E-state index is -0.475. The SMILES string of the molecule is CCC(=O)N1CCN(c2cc(OC)ccc2OC)C(=O)C1C. The van der Waals surface area contributed by atoms with Crippen molar-refractivity contribution in [3.05, 3.63) is 18.2 Å². The zero-order chi connectivity index (χ0) is 16.3. The Morgan fingerprint density at radius 1 is 1.27 bits per heavy atom. The molecule has 0 spiro atoms. The van der Waals surface area contributed by atoms with Gasteiger partial charge < -0.3 is 19.3 Å². The van der Waals surface area contributed by atoms with E-state index in [1.54, 1.807) is 56.1 Å². The summed E-state index contributed by atoms with van der Waals surface area (Å²) in [5.74, 6) is 1.15. The molecule has 1 heterocycles. The molecule has 22 heavy (non-hydrogen) atoms. The average molecular weight is 306 g/mol. The first-order chi connectivity index (χ1) is 10.5. The molecular weight excluding hydrogens is 284 g/mol. The van der Waals surface area contributed by atoms with E-state index in [0.717, 1.165) is 0 Å². The second-order valence-electron chi connectivity index (χ2n) is 5.14. The third kappa shape index (κ3) is 2.86. The molecule has 1 unspecified atom stereocenters. The highest BCUT2D eigenvalue weighted by Crippen LogP contribution is 2.34. The summed E-state index contributed by atoms with van der Waals surface area (Å²) in [5, 5.41) is 0. The monoisotopic (exact) mass is 306 g/mol. The van der Waals surface area contributed by atoms with Gasteiger partial charge in [-0.2, -0.15) is 0 Å². The van der Waals surface area contributed by atoms with Crippen LogP contribution in [-0.4, -0.2) is 50.1 Å². The maximum absolute atomic E-state index is 12.7. The van der Waals surface area contributed by atoms with Gasteiger partial charge in [0.2, 0.25) is 11.8 Å². The summed E-state index contributed by atoms with van der Waals surface area (Å²) in [7, 11) is 3.14. The van der Waals surface area contributed by atoms with Crippen LogP contribution in [0.15, 0.2) is 18.2 Å². The summed E-state index contributed by atoms with van der Waals surface area (Å²) in [5.41, 5.74) is 0.669. The molecule has 6 heteroatoms. The Balaban J connectivity index is 2.31. The van der Waals surface area contributed by atoms with Gasteiger partial charge in [-0.15, -0.1) is 0 Å². The Bertz CT molecular complexity index is 573. The van der Waals surface area contributed by atoms with Crippen molar-refractivity contribution in [2.45, 2.75) is 26.3 Å². The molecule has 0 radical (unpaired) electrons. The Kier molecular flexibility index (Phi) is 4.90. The number of benzene rings is 1. The summed E-state index contributed by atoms with van der Waals surface area (Å²) in [6.07, 6.45) is 0.403. The van der Waals surface area contributed by atoms with E-state index < -0.39 is 6.04 Å². The van der Waals surface area contributed by atoms with Crippen molar-refractivity contribution < 1.29 is 19.1 Å². The van der Waals surface area contributed by atoms with Gasteiger partial charge in [-0.1, -0.05) is 6.92 Å². The lowest BCUT2D eigenvalue weighted by atomic mass is 10.1. The van der Waals surface area contributed by atoms with Crippen LogP contribution < -0.4 is 14.4 Å². The Morgan fingerprint density at radius 3 is 2.59 bits per heavy atom. The van der Waals surface area contributed by atoms with E-state index in [-0.39, 0.29) is 11.8 Å². The van der Waals surface area contributed by atoms with Gasteiger partial charge in [-0.05, 0) is 19.1 Å². The van der Waals surface area contributed by atoms with Crippen molar-refractivity contribution in [3.63, 3.8) is 0 Å². The summed E-state index contributed by atoms with van der Waals surface area (Å²) in [4.78, 5) is 27.8. The van der Waals surface area contributed by atoms with Crippen LogP contribution in [0.1, 0.15) is 20.3 Å². The second-order valence-corrected chi connectivity index (χ2v) is 5.14. The molecular formula is C16H22N2O4. The van der Waals surface area contributed by atoms with Gasteiger partial charge >= 0.3 is 0 Å². The van der Waals surface area contributed by atoms with Crippen molar-refractivity contribution >= 4 is 17.5 Å². The number of carbonyl (C=O) groups is 2. The second kappa shape index (κ2) is 6.68. The minimum absolute atomic E-state index is 0.00175. The largest absolute Gasteiger partial charge is 0.497 e. The van der Waals surface area contributed by atoms with E-state index >= 15 is 0 Å². The molecule has 0 bridgehead atoms. The predicted octanol–water partition coefficient (Wildman–Crippen LogP) is 1.68. The quantitative estimate of drug-likeness (QED) is 0.849. The summed E-state index contributed by atoms with van der Waals surface area (Å²) >= 11 is 0. The van der Waals surface area contributed by atoms with E-state index in [1.807, 2.05) is 0 Å². The first kappa shape index (κ1) is 16.1. The van der Waals surface area contributed by atoms with Crippen molar-refractivity contribution in [1.82, 2.24) is 4.90 Å². The molecule has 1 atom stereocenters. The molecule has 2 amide bonds. The lowest BCUT2D eigenvalue weighted by molar-refractivity contribution is -0.140. The van der Waals surface area contributed by atoms with Gasteiger partial charge in [0.1, 0.15) is 17.5 Å². The van der Waals surface area contributed by atoms with Crippen LogP contribution in [0.5, 0.6) is 11.5 Å². The van der Waals surface area contributed by atoms with Crippen LogP contribution in [0.4, 0.5) is 5.69 Å². The minimum Gasteiger partial charge on any atom is -0.497 e. The van der Waals surface area contributed by atoms with Crippen LogP contribution in [0, 0.1) is 0 Å². The van der Waals surface area contributed by atoms with Gasteiger partial charge in [-0.3, -0.25) is 9.59 Å². The smallest absolute Gasteiger partial charge is 0.249 e. The number of ether oxygens (including phenoxy) is 2. The van der Waals surface area contributed by atoms with Gasteiger partial charge in [-0.25, -0.2) is 0 Å². The summed E-state index contributed by atoms with van der Waals surface area (Å²) < 4.78 is 10.6. The highest BCUT2D eigenvalue weighted by atomic mass is 16.5. The van der Waals surface area contributed by atoms with E-state index in [9.17, 15) is 9.59 Å². The standard InChI is InChI=1S/C16H22N2O4/c1-5-15(19)17-8-9-18(16(20)11(17)2)13-10-12(21-3)6-7-14(13)22-4/h6-7,10-11H,5,8-9H2,1-4H3. The number of amides is 2. The maximum atomic E-state index is 12.7. The van der Waals surface area contributed by atoms with Crippen LogP contribution in [0.25, 0.3) is 0 Å². The van der Waals surface area contributed by atoms with Crippen molar-refractivity contribution in [1.29, 1.82) is 0 Å². The number of hydrogen-bond acceptors (Lipinski definition) is 4. The van der Waals surface area contributed by atoms with Crippen LogP contribution in [-0.2, 0) is 9.59 Å². The molecule has 1 fully saturated rings.